The predicted octanol–water partition coefficient (Wildman–Crippen LogP) is 1.86. The summed E-state index contributed by atoms with van der Waals surface area (Å²) in [6.45, 7) is -0.176. The highest BCUT2D eigenvalue weighted by Gasteiger charge is 2.05. The molecule has 2 aromatic rings. The van der Waals surface area contributed by atoms with Crippen molar-refractivity contribution in [1.29, 1.82) is 0 Å². The summed E-state index contributed by atoms with van der Waals surface area (Å²) in [5.41, 5.74) is 1.38. The first-order chi connectivity index (χ1) is 10.6. The number of carbonyl (C=O) groups is 2. The van der Waals surface area contributed by atoms with Gasteiger partial charge in [-0.3, -0.25) is 9.97 Å². The second-order valence-corrected chi connectivity index (χ2v) is 3.91. The van der Waals surface area contributed by atoms with Crippen molar-refractivity contribution in [1.82, 2.24) is 9.97 Å². The third kappa shape index (κ3) is 6.66. The molecule has 124 valence electrons. The van der Waals surface area contributed by atoms with Crippen molar-refractivity contribution in [2.75, 3.05) is 14.2 Å². The van der Waals surface area contributed by atoms with Crippen LogP contribution < -0.4 is 0 Å². The molecule has 1 N–H and O–H groups in total. The van der Waals surface area contributed by atoms with Crippen molar-refractivity contribution in [3.05, 3.63) is 59.7 Å². The Morgan fingerprint density at radius 3 is 2.04 bits per heavy atom. The molecular weight excluding hydrogens is 300 g/mol. The second kappa shape index (κ2) is 10.9. The fourth-order valence-corrected chi connectivity index (χ4v) is 1.42. The van der Waals surface area contributed by atoms with Crippen LogP contribution in [-0.2, 0) is 16.1 Å². The first-order valence-corrected chi connectivity index (χ1v) is 6.24. The molecule has 0 spiro atoms. The third-order valence-corrected chi connectivity index (χ3v) is 2.50. The van der Waals surface area contributed by atoms with E-state index in [1.165, 1.54) is 32.5 Å². The van der Waals surface area contributed by atoms with E-state index in [1.54, 1.807) is 24.5 Å². The lowest BCUT2D eigenvalue weighted by molar-refractivity contribution is 0.0591. The minimum absolute atomic E-state index is 0. The standard InChI is InChI=1S/C8H9NO3.C7H7NO2.CH4/c1-12-8(11)6-2-3-9-7(4-6)5-10;1-10-7(9)6-2-4-8-5-3-6;/h2-4,10H,5H2,1H3;2-5H,1H3;1H4. The second-order valence-electron chi connectivity index (χ2n) is 3.91. The predicted molar refractivity (Wildman–Crippen MR) is 83.8 cm³/mol. The number of aliphatic hydroxyl groups is 1. The summed E-state index contributed by atoms with van der Waals surface area (Å²) < 4.78 is 8.96. The van der Waals surface area contributed by atoms with Crippen LogP contribution in [0.2, 0.25) is 0 Å². The highest BCUT2D eigenvalue weighted by Crippen LogP contribution is 2.02. The number of esters is 2. The highest BCUT2D eigenvalue weighted by molar-refractivity contribution is 5.89. The van der Waals surface area contributed by atoms with E-state index in [1.807, 2.05) is 0 Å². The minimum atomic E-state index is -0.424. The van der Waals surface area contributed by atoms with Gasteiger partial charge >= 0.3 is 11.9 Å². The number of carbonyl (C=O) groups excluding carboxylic acids is 2. The van der Waals surface area contributed by atoms with Crippen LogP contribution in [0.15, 0.2) is 42.9 Å². The number of ether oxygens (including phenoxy) is 2. The van der Waals surface area contributed by atoms with Crippen molar-refractivity contribution in [2.45, 2.75) is 14.0 Å². The maximum absolute atomic E-state index is 10.9. The number of methoxy groups -OCH3 is 2. The van der Waals surface area contributed by atoms with Gasteiger partial charge in [-0.25, -0.2) is 9.59 Å². The van der Waals surface area contributed by atoms with E-state index in [2.05, 4.69) is 19.4 Å². The van der Waals surface area contributed by atoms with Gasteiger partial charge in [0, 0.05) is 18.6 Å². The van der Waals surface area contributed by atoms with Crippen molar-refractivity contribution in [2.24, 2.45) is 0 Å². The smallest absolute Gasteiger partial charge is 0.337 e. The van der Waals surface area contributed by atoms with E-state index in [-0.39, 0.29) is 20.0 Å². The zero-order valence-corrected chi connectivity index (χ0v) is 12.2. The van der Waals surface area contributed by atoms with Gasteiger partial charge in [0.1, 0.15) is 0 Å². The fraction of sp³-hybridized carbons (Fsp3) is 0.250. The molecular formula is C16H20N2O5. The number of nitrogens with zero attached hydrogens (tertiary/aromatic N) is 2. The molecule has 0 unspecified atom stereocenters. The Morgan fingerprint density at radius 2 is 1.52 bits per heavy atom. The van der Waals surface area contributed by atoms with Crippen LogP contribution in [-0.4, -0.2) is 41.2 Å². The molecule has 2 aromatic heterocycles. The zero-order chi connectivity index (χ0) is 16.4. The molecule has 0 saturated heterocycles. The molecule has 0 radical (unpaired) electrons. The molecule has 7 heteroatoms. The van der Waals surface area contributed by atoms with Crippen LogP contribution in [0.5, 0.6) is 0 Å². The van der Waals surface area contributed by atoms with E-state index >= 15 is 0 Å². The van der Waals surface area contributed by atoms with Gasteiger partial charge in [-0.05, 0) is 24.3 Å². The van der Waals surface area contributed by atoms with Gasteiger partial charge in [-0.2, -0.15) is 0 Å². The van der Waals surface area contributed by atoms with Crippen molar-refractivity contribution < 1.29 is 24.2 Å². The van der Waals surface area contributed by atoms with Crippen LogP contribution in [0.25, 0.3) is 0 Å². The van der Waals surface area contributed by atoms with E-state index in [0.717, 1.165) is 0 Å². The Morgan fingerprint density at radius 1 is 1.00 bits per heavy atom. The molecule has 0 atom stereocenters. The van der Waals surface area contributed by atoms with Crippen molar-refractivity contribution >= 4 is 11.9 Å². The van der Waals surface area contributed by atoms with Gasteiger partial charge in [0.25, 0.3) is 0 Å². The minimum Gasteiger partial charge on any atom is -0.465 e. The average molecular weight is 320 g/mol. The Balaban J connectivity index is 0.000000409. The van der Waals surface area contributed by atoms with Crippen LogP contribution in [0.1, 0.15) is 33.8 Å². The summed E-state index contributed by atoms with van der Waals surface area (Å²) in [7, 11) is 2.66. The van der Waals surface area contributed by atoms with E-state index in [4.69, 9.17) is 5.11 Å². The van der Waals surface area contributed by atoms with Gasteiger partial charge in [0.15, 0.2) is 0 Å². The van der Waals surface area contributed by atoms with E-state index in [9.17, 15) is 9.59 Å². The molecule has 0 bridgehead atoms. The first-order valence-electron chi connectivity index (χ1n) is 6.24. The summed E-state index contributed by atoms with van der Waals surface area (Å²) >= 11 is 0. The molecule has 0 fully saturated rings. The van der Waals surface area contributed by atoms with Crippen LogP contribution in [0, 0.1) is 0 Å². The molecule has 0 aliphatic carbocycles. The number of aromatic nitrogens is 2. The lowest BCUT2D eigenvalue weighted by Gasteiger charge is -1.99. The topological polar surface area (TPSA) is 98.6 Å². The number of aliphatic hydroxyl groups excluding tert-OH is 1. The Bertz CT molecular complexity index is 617. The summed E-state index contributed by atoms with van der Waals surface area (Å²) in [5.74, 6) is -0.755. The molecule has 0 saturated carbocycles. The van der Waals surface area contributed by atoms with Crippen molar-refractivity contribution in [3.8, 4) is 0 Å². The Labute approximate surface area is 134 Å². The molecule has 0 aliphatic rings. The number of pyridine rings is 2. The summed E-state index contributed by atoms with van der Waals surface area (Å²) in [4.78, 5) is 29.3. The van der Waals surface area contributed by atoms with Crippen molar-refractivity contribution in [3.63, 3.8) is 0 Å². The summed E-state index contributed by atoms with van der Waals surface area (Å²) in [5, 5.41) is 8.70. The first kappa shape index (κ1) is 20.2. The average Bonchev–Trinajstić information content (AvgIpc) is 2.61. The van der Waals surface area contributed by atoms with E-state index in [0.29, 0.717) is 16.8 Å². The highest BCUT2D eigenvalue weighted by atomic mass is 16.5. The van der Waals surface area contributed by atoms with E-state index < -0.39 is 5.97 Å². The van der Waals surface area contributed by atoms with Crippen LogP contribution >= 0.6 is 0 Å². The van der Waals surface area contributed by atoms with Gasteiger partial charge < -0.3 is 14.6 Å². The monoisotopic (exact) mass is 320 g/mol. The van der Waals surface area contributed by atoms with Gasteiger partial charge in [0.05, 0.1) is 37.6 Å². The molecule has 23 heavy (non-hydrogen) atoms. The molecule has 7 nitrogen and oxygen atoms in total. The SMILES string of the molecule is C.COC(=O)c1ccnc(CO)c1.COC(=O)c1ccncc1. The zero-order valence-electron chi connectivity index (χ0n) is 12.2. The largest absolute Gasteiger partial charge is 0.465 e. The lowest BCUT2D eigenvalue weighted by Crippen LogP contribution is -2.02. The van der Waals surface area contributed by atoms with Gasteiger partial charge in [-0.1, -0.05) is 7.43 Å². The summed E-state index contributed by atoms with van der Waals surface area (Å²) in [6, 6.07) is 6.23. The normalized spacial score (nSPS) is 8.83. The number of hydrogen-bond donors (Lipinski definition) is 1. The summed E-state index contributed by atoms with van der Waals surface area (Å²) in [6.07, 6.45) is 4.55. The van der Waals surface area contributed by atoms with Gasteiger partial charge in [0.2, 0.25) is 0 Å². The quantitative estimate of drug-likeness (QED) is 0.862. The maximum atomic E-state index is 10.9. The number of hydrogen-bond acceptors (Lipinski definition) is 7. The maximum Gasteiger partial charge on any atom is 0.337 e. The Hall–Kier alpha value is -2.80. The van der Waals surface area contributed by atoms with Crippen LogP contribution in [0.3, 0.4) is 0 Å². The molecule has 0 aliphatic heterocycles. The lowest BCUT2D eigenvalue weighted by atomic mass is 10.2. The molecule has 2 heterocycles. The number of rotatable bonds is 3. The Kier molecular flexibility index (Phi) is 9.54. The fourth-order valence-electron chi connectivity index (χ4n) is 1.42. The van der Waals surface area contributed by atoms with Crippen LogP contribution in [0.4, 0.5) is 0 Å². The molecule has 2 rings (SSSR count). The molecule has 0 amide bonds. The molecule has 0 aromatic carbocycles. The third-order valence-electron chi connectivity index (χ3n) is 2.50. The van der Waals surface area contributed by atoms with Gasteiger partial charge in [-0.15, -0.1) is 0 Å².